The molecule has 11 aromatic rings. The van der Waals surface area contributed by atoms with Gasteiger partial charge >= 0.3 is 0 Å². The van der Waals surface area contributed by atoms with E-state index in [0.29, 0.717) is 24.3 Å². The van der Waals surface area contributed by atoms with Gasteiger partial charge in [-0.3, -0.25) is 0 Å². The minimum Gasteiger partial charge on any atom is -0.456 e. The molecule has 6 nitrogen and oxygen atoms in total. The third-order valence-electron chi connectivity index (χ3n) is 12.6. The van der Waals surface area contributed by atoms with E-state index in [1.54, 1.807) is 0 Å². The highest BCUT2D eigenvalue weighted by Gasteiger charge is 2.22. The van der Waals surface area contributed by atoms with Crippen LogP contribution in [-0.2, 0) is 20.1 Å². The third-order valence-corrected chi connectivity index (χ3v) is 12.6. The lowest BCUT2D eigenvalue weighted by Crippen LogP contribution is -2.17. The molecule has 1 aliphatic carbocycles. The van der Waals surface area contributed by atoms with Crippen molar-refractivity contribution in [3.8, 4) is 11.1 Å². The van der Waals surface area contributed by atoms with Gasteiger partial charge in [-0.1, -0.05) is 170 Å². The van der Waals surface area contributed by atoms with Crippen LogP contribution >= 0.6 is 0 Å². The lowest BCUT2D eigenvalue weighted by molar-refractivity contribution is 0.669. The zero-order valence-electron chi connectivity index (χ0n) is 35.5. The van der Waals surface area contributed by atoms with Crippen LogP contribution in [-0.4, -0.2) is 20.8 Å². The average molecular weight is 828 g/mol. The number of allylic oxidation sites excluding steroid dienone is 1. The van der Waals surface area contributed by atoms with E-state index >= 15 is 0 Å². The third kappa shape index (κ3) is 7.05. The molecule has 1 unspecified atom stereocenters. The number of rotatable bonds is 6. The molecule has 308 valence electrons. The predicted molar refractivity (Wildman–Crippen MR) is 267 cm³/mol. The number of aliphatic imine (C=N–C) groups is 2. The van der Waals surface area contributed by atoms with Crippen molar-refractivity contribution in [3.05, 3.63) is 234 Å². The summed E-state index contributed by atoms with van der Waals surface area (Å²) in [6.07, 6.45) is 5.67. The molecule has 1 atom stereocenters. The number of aromatic nitrogens is 2. The van der Waals surface area contributed by atoms with Gasteiger partial charge in [-0.25, -0.2) is 9.98 Å². The van der Waals surface area contributed by atoms with Crippen LogP contribution in [0.25, 0.3) is 71.9 Å². The molecule has 3 heterocycles. The first-order chi connectivity index (χ1) is 31.6. The van der Waals surface area contributed by atoms with Crippen LogP contribution in [0.4, 0.5) is 0 Å². The summed E-state index contributed by atoms with van der Waals surface area (Å²) < 4.78 is 10.8. The number of hydrogen-bond donors (Lipinski definition) is 1. The van der Waals surface area contributed by atoms with Gasteiger partial charge in [0.15, 0.2) is 5.84 Å². The molecule has 0 spiro atoms. The minimum atomic E-state index is 0.309. The topological polar surface area (TPSA) is 73.7 Å². The molecule has 8 aromatic carbocycles. The molecule has 1 aliphatic rings. The number of nitrogens with two attached hydrogens (primary N) is 1. The molecule has 6 heteroatoms. The fraction of sp³-hybridized carbons (Fsp3) is 0.0690. The fourth-order valence-corrected chi connectivity index (χ4v) is 9.44. The van der Waals surface area contributed by atoms with E-state index in [1.165, 1.54) is 49.6 Å². The maximum Gasteiger partial charge on any atom is 0.158 e. The zero-order valence-corrected chi connectivity index (χ0v) is 35.5. The van der Waals surface area contributed by atoms with E-state index in [2.05, 4.69) is 125 Å². The van der Waals surface area contributed by atoms with Gasteiger partial charge in [-0.2, -0.15) is 0 Å². The van der Waals surface area contributed by atoms with Gasteiger partial charge < -0.3 is 19.3 Å². The predicted octanol–water partition coefficient (Wildman–Crippen LogP) is 13.7. The van der Waals surface area contributed by atoms with Crippen molar-refractivity contribution in [2.45, 2.75) is 19.0 Å². The molecule has 0 saturated heterocycles. The summed E-state index contributed by atoms with van der Waals surface area (Å²) >= 11 is 0. The highest BCUT2D eigenvalue weighted by Crippen LogP contribution is 2.38. The van der Waals surface area contributed by atoms with Crippen LogP contribution in [0.1, 0.15) is 33.9 Å². The Morgan fingerprint density at radius 2 is 1.23 bits per heavy atom. The second-order valence-corrected chi connectivity index (χ2v) is 16.3. The Morgan fingerprint density at radius 3 is 2.05 bits per heavy atom. The van der Waals surface area contributed by atoms with Gasteiger partial charge in [-0.05, 0) is 71.1 Å². The summed E-state index contributed by atoms with van der Waals surface area (Å²) in [5.74, 6) is 1.26. The van der Waals surface area contributed by atoms with E-state index in [9.17, 15) is 0 Å². The summed E-state index contributed by atoms with van der Waals surface area (Å²) in [5.41, 5.74) is 20.2. The van der Waals surface area contributed by atoms with Crippen LogP contribution in [0.5, 0.6) is 0 Å². The van der Waals surface area contributed by atoms with Crippen LogP contribution in [0.2, 0.25) is 0 Å². The summed E-state index contributed by atoms with van der Waals surface area (Å²) in [6, 6.07) is 69.2. The standard InChI is InChI=1S/C52H39N5O.C6H6/c1-56-44-21-8-5-17-38(44)42-30-36(25-27-45(42)56)34-15-11-16-35(29-34)37-26-28-47-43(31-37)39-18-6-9-22-46(39)57(47)32-54-52(33-13-3-2-4-14-33)55-51(53)41-20-12-24-49-50(41)40-19-7-10-23-48(40)58-49;1-2-4-6-5-3-1/h2-29,31,36H,30,32H2,1H3,(H2,53,54,55);1-6H. The molecular weight excluding hydrogens is 783 g/mol. The second kappa shape index (κ2) is 16.6. The number of benzene rings is 8. The second-order valence-electron chi connectivity index (χ2n) is 16.3. The highest BCUT2D eigenvalue weighted by molar-refractivity contribution is 6.20. The number of fused-ring (bicyclic) bond motifs is 9. The Kier molecular flexibility index (Phi) is 10.0. The molecule has 0 fully saturated rings. The Morgan fingerprint density at radius 1 is 0.594 bits per heavy atom. The highest BCUT2D eigenvalue weighted by atomic mass is 16.3. The van der Waals surface area contributed by atoms with E-state index in [0.717, 1.165) is 50.5 Å². The first-order valence-corrected chi connectivity index (χ1v) is 21.8. The molecule has 0 saturated carbocycles. The molecular formula is C58H45N5O. The number of amidine groups is 2. The van der Waals surface area contributed by atoms with Gasteiger partial charge in [-0.15, -0.1) is 0 Å². The monoisotopic (exact) mass is 827 g/mol. The van der Waals surface area contributed by atoms with Gasteiger partial charge in [0.2, 0.25) is 0 Å². The average Bonchev–Trinajstić information content (AvgIpc) is 4.00. The summed E-state index contributed by atoms with van der Waals surface area (Å²) in [6.45, 7) is 0.364. The van der Waals surface area contributed by atoms with Crippen molar-refractivity contribution in [1.29, 1.82) is 0 Å². The smallest absolute Gasteiger partial charge is 0.158 e. The first kappa shape index (κ1) is 38.7. The van der Waals surface area contributed by atoms with Crippen molar-refractivity contribution in [2.24, 2.45) is 22.8 Å². The van der Waals surface area contributed by atoms with E-state index in [1.807, 2.05) is 103 Å². The maximum atomic E-state index is 6.87. The van der Waals surface area contributed by atoms with Crippen LogP contribution < -0.4 is 5.73 Å². The lowest BCUT2D eigenvalue weighted by Gasteiger charge is -2.19. The number of para-hydroxylation sites is 3. The minimum absolute atomic E-state index is 0.309. The molecule has 0 amide bonds. The van der Waals surface area contributed by atoms with E-state index < -0.39 is 0 Å². The Labute approximate surface area is 371 Å². The maximum absolute atomic E-state index is 6.87. The van der Waals surface area contributed by atoms with Crippen molar-refractivity contribution < 1.29 is 4.42 Å². The van der Waals surface area contributed by atoms with Crippen LogP contribution in [0.15, 0.2) is 221 Å². The first-order valence-electron chi connectivity index (χ1n) is 21.8. The van der Waals surface area contributed by atoms with E-state index in [-0.39, 0.29) is 0 Å². The molecule has 2 N–H and O–H groups in total. The largest absolute Gasteiger partial charge is 0.456 e. The van der Waals surface area contributed by atoms with Crippen molar-refractivity contribution in [1.82, 2.24) is 9.13 Å². The molecule has 64 heavy (non-hydrogen) atoms. The Bertz CT molecular complexity index is 3560. The van der Waals surface area contributed by atoms with Gasteiger partial charge in [0.1, 0.15) is 23.7 Å². The molecule has 0 bridgehead atoms. The van der Waals surface area contributed by atoms with Crippen LogP contribution in [0, 0.1) is 0 Å². The van der Waals surface area contributed by atoms with Crippen LogP contribution in [0.3, 0.4) is 0 Å². The number of furan rings is 1. The fourth-order valence-electron chi connectivity index (χ4n) is 9.44. The molecule has 0 aliphatic heterocycles. The SMILES string of the molecule is Cn1c2c(c3ccccc31)CC(c1cccc(-c3ccc4c(c3)c3ccccc3n4C/N=C(\N=C(N)c3cccc4oc5ccccc5c34)c3ccccc3)c1)C=C2.c1ccccc1. The van der Waals surface area contributed by atoms with Gasteiger partial charge in [0.05, 0.1) is 11.0 Å². The lowest BCUT2D eigenvalue weighted by atomic mass is 9.85. The number of hydrogen-bond acceptors (Lipinski definition) is 2. The Hall–Kier alpha value is -8.22. The van der Waals surface area contributed by atoms with Crippen molar-refractivity contribution in [3.63, 3.8) is 0 Å². The zero-order chi connectivity index (χ0) is 43.0. The quantitative estimate of drug-likeness (QED) is 0.134. The summed E-state index contributed by atoms with van der Waals surface area (Å²) in [4.78, 5) is 10.2. The van der Waals surface area contributed by atoms with Gasteiger partial charge in [0, 0.05) is 62.2 Å². The number of nitrogens with zero attached hydrogens (tertiary/aromatic N) is 4. The van der Waals surface area contributed by atoms with Gasteiger partial charge in [0.25, 0.3) is 0 Å². The summed E-state index contributed by atoms with van der Waals surface area (Å²) in [7, 11) is 2.17. The number of aryl methyl sites for hydroxylation is 1. The Balaban J connectivity index is 0.000000705. The molecule has 0 radical (unpaired) electrons. The molecule has 3 aromatic heterocycles. The normalized spacial score (nSPS) is 14.0. The van der Waals surface area contributed by atoms with Crippen molar-refractivity contribution in [2.75, 3.05) is 0 Å². The molecule has 12 rings (SSSR count). The van der Waals surface area contributed by atoms with E-state index in [4.69, 9.17) is 20.1 Å². The summed E-state index contributed by atoms with van der Waals surface area (Å²) in [5, 5.41) is 5.68. The van der Waals surface area contributed by atoms with Crippen molar-refractivity contribution >= 4 is 72.4 Å².